The van der Waals surface area contributed by atoms with Crippen molar-refractivity contribution in [1.82, 2.24) is 4.81 Å². The van der Waals surface area contributed by atoms with Gasteiger partial charge in [-0.3, -0.25) is 0 Å². The summed E-state index contributed by atoms with van der Waals surface area (Å²) in [5, 5.41) is 9.63. The lowest BCUT2D eigenvalue weighted by atomic mass is 9.78. The Balaban J connectivity index is 2.20. The van der Waals surface area contributed by atoms with Gasteiger partial charge in [0.1, 0.15) is 6.29 Å². The van der Waals surface area contributed by atoms with Crippen molar-refractivity contribution in [3.63, 3.8) is 0 Å². The molecule has 2 rings (SSSR count). The summed E-state index contributed by atoms with van der Waals surface area (Å²) in [5.74, 6) is 0. The van der Waals surface area contributed by atoms with E-state index in [-0.39, 0.29) is 5.54 Å². The molecule has 0 amide bonds. The second-order valence-electron chi connectivity index (χ2n) is 4.37. The predicted molar refractivity (Wildman–Crippen MR) is 51.3 cm³/mol. The average molecular weight is 181 g/mol. The van der Waals surface area contributed by atoms with Gasteiger partial charge in [-0.2, -0.15) is 0 Å². The predicted octanol–water partition coefficient (Wildman–Crippen LogP) is 0.683. The third-order valence-electron chi connectivity index (χ3n) is 3.69. The van der Waals surface area contributed by atoms with Crippen LogP contribution in [-0.2, 0) is 4.79 Å². The van der Waals surface area contributed by atoms with Gasteiger partial charge in [-0.05, 0) is 32.5 Å². The molecule has 0 radical (unpaired) electrons. The maximum Gasteiger partial charge on any atom is 0.377 e. The molecule has 0 spiro atoms. The summed E-state index contributed by atoms with van der Waals surface area (Å²) >= 11 is 0. The van der Waals surface area contributed by atoms with E-state index in [2.05, 4.69) is 4.81 Å². The molecule has 2 heterocycles. The van der Waals surface area contributed by atoms with E-state index in [0.29, 0.717) is 12.5 Å². The van der Waals surface area contributed by atoms with Gasteiger partial charge in [0.05, 0.1) is 0 Å². The third-order valence-corrected chi connectivity index (χ3v) is 3.69. The van der Waals surface area contributed by atoms with Crippen molar-refractivity contribution in [3.05, 3.63) is 0 Å². The molecule has 0 saturated carbocycles. The first-order valence-electron chi connectivity index (χ1n) is 5.10. The van der Waals surface area contributed by atoms with E-state index in [1.165, 1.54) is 0 Å². The summed E-state index contributed by atoms with van der Waals surface area (Å²) in [6.07, 6.45) is 6.07. The van der Waals surface area contributed by atoms with Crippen LogP contribution in [0.1, 0.15) is 32.1 Å². The van der Waals surface area contributed by atoms with Crippen molar-refractivity contribution in [2.24, 2.45) is 0 Å². The highest BCUT2D eigenvalue weighted by Crippen LogP contribution is 2.48. The molecule has 3 nitrogen and oxygen atoms in total. The molecular weight excluding hydrogens is 165 g/mol. The quantitative estimate of drug-likeness (QED) is 0.514. The van der Waals surface area contributed by atoms with E-state index in [4.69, 9.17) is 0 Å². The molecule has 0 aromatic rings. The normalized spacial score (nSPS) is 38.2. The highest BCUT2D eigenvalue weighted by Gasteiger charge is 2.53. The number of aldehydes is 1. The number of fused-ring (bicyclic) bond motifs is 2. The Morgan fingerprint density at radius 2 is 2.23 bits per heavy atom. The SMILES string of the molecule is CB(O)N1C2CCC1(CC=O)CC2. The van der Waals surface area contributed by atoms with Gasteiger partial charge in [0.25, 0.3) is 0 Å². The summed E-state index contributed by atoms with van der Waals surface area (Å²) in [6.45, 7) is 1.81. The molecule has 2 saturated heterocycles. The van der Waals surface area contributed by atoms with Crippen LogP contribution >= 0.6 is 0 Å². The smallest absolute Gasteiger partial charge is 0.377 e. The van der Waals surface area contributed by atoms with E-state index in [0.717, 1.165) is 32.0 Å². The maximum absolute atomic E-state index is 10.6. The van der Waals surface area contributed by atoms with E-state index in [1.807, 2.05) is 6.82 Å². The van der Waals surface area contributed by atoms with Crippen LogP contribution in [0, 0.1) is 0 Å². The molecule has 0 aromatic carbocycles. The van der Waals surface area contributed by atoms with Crippen molar-refractivity contribution in [1.29, 1.82) is 0 Å². The third kappa shape index (κ3) is 1.24. The van der Waals surface area contributed by atoms with E-state index >= 15 is 0 Å². The number of hydrogen-bond donors (Lipinski definition) is 1. The monoisotopic (exact) mass is 181 g/mol. The van der Waals surface area contributed by atoms with Gasteiger partial charge >= 0.3 is 7.05 Å². The molecule has 0 aliphatic carbocycles. The van der Waals surface area contributed by atoms with Gasteiger partial charge in [-0.15, -0.1) is 0 Å². The fraction of sp³-hybridized carbons (Fsp3) is 0.889. The summed E-state index contributed by atoms with van der Waals surface area (Å²) in [4.78, 5) is 12.8. The Labute approximate surface area is 79.2 Å². The highest BCUT2D eigenvalue weighted by atomic mass is 16.2. The Hall–Kier alpha value is -0.345. The second-order valence-corrected chi connectivity index (χ2v) is 4.37. The molecule has 2 aliphatic rings. The molecule has 2 fully saturated rings. The van der Waals surface area contributed by atoms with Crippen LogP contribution in [0.15, 0.2) is 0 Å². The Bertz CT molecular complexity index is 212. The number of rotatable bonds is 3. The van der Waals surface area contributed by atoms with E-state index < -0.39 is 7.05 Å². The van der Waals surface area contributed by atoms with Crippen molar-refractivity contribution in [2.75, 3.05) is 0 Å². The molecule has 13 heavy (non-hydrogen) atoms. The standard InChI is InChI=1S/C9H16BNO2/c1-10(13)11-8-2-4-9(11,5-3-8)6-7-12/h7-8,13H,2-6H2,1H3. The number of carbonyl (C=O) groups is 1. The Morgan fingerprint density at radius 1 is 1.62 bits per heavy atom. The topological polar surface area (TPSA) is 40.5 Å². The van der Waals surface area contributed by atoms with Gasteiger partial charge in [-0.25, -0.2) is 0 Å². The van der Waals surface area contributed by atoms with Gasteiger partial charge in [-0.1, -0.05) is 0 Å². The summed E-state index contributed by atoms with van der Waals surface area (Å²) in [6, 6.07) is 0.528. The fourth-order valence-corrected chi connectivity index (χ4v) is 3.23. The number of carbonyl (C=O) groups excluding carboxylic acids is 1. The highest BCUT2D eigenvalue weighted by molar-refractivity contribution is 6.45. The van der Waals surface area contributed by atoms with Crippen LogP contribution in [-0.4, -0.2) is 34.8 Å². The van der Waals surface area contributed by atoms with Crippen molar-refractivity contribution < 1.29 is 9.82 Å². The molecule has 0 atom stereocenters. The largest absolute Gasteiger partial charge is 0.437 e. The van der Waals surface area contributed by atoms with Crippen molar-refractivity contribution >= 4 is 13.3 Å². The van der Waals surface area contributed by atoms with Gasteiger partial charge in [0.2, 0.25) is 0 Å². The van der Waals surface area contributed by atoms with Gasteiger partial charge in [0, 0.05) is 18.0 Å². The molecular formula is C9H16BNO2. The lowest BCUT2D eigenvalue weighted by Gasteiger charge is -2.34. The fourth-order valence-electron chi connectivity index (χ4n) is 3.23. The maximum atomic E-state index is 10.6. The van der Waals surface area contributed by atoms with Crippen LogP contribution in [0.25, 0.3) is 0 Å². The Kier molecular flexibility index (Phi) is 2.20. The van der Waals surface area contributed by atoms with Crippen LogP contribution in [0.2, 0.25) is 6.82 Å². The average Bonchev–Trinajstić information content (AvgIpc) is 2.58. The first kappa shape index (κ1) is 9.22. The molecule has 2 aliphatic heterocycles. The number of hydrogen-bond acceptors (Lipinski definition) is 3. The Morgan fingerprint density at radius 3 is 2.69 bits per heavy atom. The molecule has 4 heteroatoms. The zero-order valence-electron chi connectivity index (χ0n) is 8.07. The summed E-state index contributed by atoms with van der Waals surface area (Å²) in [5.41, 5.74) is 0.0145. The van der Waals surface area contributed by atoms with Crippen LogP contribution in [0.4, 0.5) is 0 Å². The van der Waals surface area contributed by atoms with Gasteiger partial charge in [0.15, 0.2) is 0 Å². The lowest BCUT2D eigenvalue weighted by molar-refractivity contribution is -0.109. The first-order chi connectivity index (χ1) is 6.19. The van der Waals surface area contributed by atoms with Crippen LogP contribution in [0.5, 0.6) is 0 Å². The molecule has 2 bridgehead atoms. The van der Waals surface area contributed by atoms with Crippen LogP contribution < -0.4 is 0 Å². The number of nitrogens with zero attached hydrogens (tertiary/aromatic N) is 1. The lowest BCUT2D eigenvalue weighted by Crippen LogP contribution is -2.49. The first-order valence-corrected chi connectivity index (χ1v) is 5.10. The minimum atomic E-state index is -0.394. The van der Waals surface area contributed by atoms with Gasteiger partial charge < -0.3 is 14.6 Å². The van der Waals surface area contributed by atoms with E-state index in [1.54, 1.807) is 0 Å². The molecule has 0 unspecified atom stereocenters. The summed E-state index contributed by atoms with van der Waals surface area (Å²) < 4.78 is 0. The second kappa shape index (κ2) is 3.10. The minimum Gasteiger partial charge on any atom is -0.437 e. The van der Waals surface area contributed by atoms with Crippen LogP contribution in [0.3, 0.4) is 0 Å². The zero-order valence-corrected chi connectivity index (χ0v) is 8.07. The minimum absolute atomic E-state index is 0.0145. The molecule has 1 N–H and O–H groups in total. The zero-order chi connectivity index (χ0) is 9.47. The van der Waals surface area contributed by atoms with Crippen molar-refractivity contribution in [2.45, 2.75) is 50.5 Å². The van der Waals surface area contributed by atoms with E-state index in [9.17, 15) is 9.82 Å². The van der Waals surface area contributed by atoms with Crippen molar-refractivity contribution in [3.8, 4) is 0 Å². The molecule has 72 valence electrons. The molecule has 0 aromatic heterocycles. The summed E-state index contributed by atoms with van der Waals surface area (Å²) in [7, 11) is -0.394.